The molecule has 2 amide bonds. The fourth-order valence-corrected chi connectivity index (χ4v) is 4.43. The summed E-state index contributed by atoms with van der Waals surface area (Å²) in [6, 6.07) is 7.26. The second-order valence-electron chi connectivity index (χ2n) is 6.21. The summed E-state index contributed by atoms with van der Waals surface area (Å²) in [4.78, 5) is 29.5. The normalized spacial score (nSPS) is 21.4. The van der Waals surface area contributed by atoms with Gasteiger partial charge in [-0.15, -0.1) is 0 Å². The van der Waals surface area contributed by atoms with Crippen LogP contribution in [0.25, 0.3) is 10.9 Å². The van der Waals surface area contributed by atoms with Gasteiger partial charge in [0.1, 0.15) is 6.04 Å². The monoisotopic (exact) mass is 344 g/mol. The molecule has 2 aliphatic rings. The number of benzene rings is 1. The maximum absolute atomic E-state index is 13.0. The first-order valence-electron chi connectivity index (χ1n) is 8.36. The van der Waals surface area contributed by atoms with E-state index in [0.29, 0.717) is 12.2 Å². The lowest BCUT2D eigenvalue weighted by Crippen LogP contribution is -2.50. The Balaban J connectivity index is 1.58. The first kappa shape index (κ1) is 15.5. The molecule has 0 bridgehead atoms. The van der Waals surface area contributed by atoms with E-state index >= 15 is 0 Å². The van der Waals surface area contributed by atoms with Gasteiger partial charge in [-0.25, -0.2) is 0 Å². The number of amides is 2. The molecular formula is C17H20N4O2S. The van der Waals surface area contributed by atoms with Gasteiger partial charge in [0.15, 0.2) is 5.69 Å². The van der Waals surface area contributed by atoms with Crippen LogP contribution in [-0.4, -0.2) is 69.0 Å². The molecule has 2 aliphatic heterocycles. The molecule has 126 valence electrons. The number of aromatic amines is 1. The summed E-state index contributed by atoms with van der Waals surface area (Å²) in [5, 5.41) is 7.92. The Labute approximate surface area is 144 Å². The summed E-state index contributed by atoms with van der Waals surface area (Å²) in [7, 11) is 0. The number of nitrogens with one attached hydrogen (secondary N) is 1. The van der Waals surface area contributed by atoms with Crippen molar-refractivity contribution in [2.75, 3.05) is 31.1 Å². The van der Waals surface area contributed by atoms with Gasteiger partial charge >= 0.3 is 0 Å². The summed E-state index contributed by atoms with van der Waals surface area (Å²) >= 11 is 1.88. The molecule has 24 heavy (non-hydrogen) atoms. The minimum absolute atomic E-state index is 0.0981. The molecular weight excluding hydrogens is 324 g/mol. The fourth-order valence-electron chi connectivity index (χ4n) is 3.52. The van der Waals surface area contributed by atoms with Crippen molar-refractivity contribution >= 4 is 34.5 Å². The third-order valence-corrected chi connectivity index (χ3v) is 5.74. The maximum atomic E-state index is 13.0. The van der Waals surface area contributed by atoms with Gasteiger partial charge < -0.3 is 9.80 Å². The topological polar surface area (TPSA) is 69.3 Å². The zero-order chi connectivity index (χ0) is 16.5. The van der Waals surface area contributed by atoms with Gasteiger partial charge in [-0.1, -0.05) is 18.2 Å². The highest BCUT2D eigenvalue weighted by atomic mass is 32.2. The van der Waals surface area contributed by atoms with Gasteiger partial charge in [0.05, 0.1) is 5.52 Å². The zero-order valence-electron chi connectivity index (χ0n) is 13.4. The van der Waals surface area contributed by atoms with Gasteiger partial charge in [0, 0.05) is 36.5 Å². The van der Waals surface area contributed by atoms with E-state index in [-0.39, 0.29) is 17.9 Å². The van der Waals surface area contributed by atoms with Crippen molar-refractivity contribution < 1.29 is 9.59 Å². The molecule has 2 aromatic rings. The molecule has 0 saturated carbocycles. The second-order valence-corrected chi connectivity index (χ2v) is 7.44. The molecule has 1 aromatic carbocycles. The SMILES string of the molecule is O=C([C@@H]1CCCN1C(=O)c1n[nH]c2ccccc12)N1CCSCC1. The third-order valence-electron chi connectivity index (χ3n) is 4.79. The van der Waals surface area contributed by atoms with Crippen LogP contribution in [0, 0.1) is 0 Å². The Morgan fingerprint density at radius 1 is 1.17 bits per heavy atom. The largest absolute Gasteiger partial charge is 0.339 e. The molecule has 1 aromatic heterocycles. The lowest BCUT2D eigenvalue weighted by atomic mass is 10.1. The van der Waals surface area contributed by atoms with Crippen LogP contribution in [0.3, 0.4) is 0 Å². The smallest absolute Gasteiger partial charge is 0.275 e. The van der Waals surface area contributed by atoms with Crippen LogP contribution in [0.15, 0.2) is 24.3 Å². The molecule has 6 nitrogen and oxygen atoms in total. The van der Waals surface area contributed by atoms with Crippen LogP contribution in [0.4, 0.5) is 0 Å². The number of rotatable bonds is 2. The fraction of sp³-hybridized carbons (Fsp3) is 0.471. The van der Waals surface area contributed by atoms with Gasteiger partial charge in [0.2, 0.25) is 5.91 Å². The third kappa shape index (κ3) is 2.66. The number of carbonyl (C=O) groups excluding carboxylic acids is 2. The van der Waals surface area contributed by atoms with E-state index in [4.69, 9.17) is 0 Å². The van der Waals surface area contributed by atoms with E-state index in [1.807, 2.05) is 40.9 Å². The van der Waals surface area contributed by atoms with E-state index < -0.39 is 0 Å². The number of hydrogen-bond donors (Lipinski definition) is 1. The van der Waals surface area contributed by atoms with Crippen molar-refractivity contribution in [1.82, 2.24) is 20.0 Å². The predicted octanol–water partition coefficient (Wildman–Crippen LogP) is 1.74. The Bertz CT molecular complexity index is 769. The maximum Gasteiger partial charge on any atom is 0.275 e. The molecule has 7 heteroatoms. The van der Waals surface area contributed by atoms with E-state index in [2.05, 4.69) is 10.2 Å². The number of carbonyl (C=O) groups is 2. The Hall–Kier alpha value is -2.02. The molecule has 1 N–H and O–H groups in total. The number of aromatic nitrogens is 2. The molecule has 1 atom stereocenters. The Kier molecular flexibility index (Phi) is 4.18. The first-order chi connectivity index (χ1) is 11.8. The van der Waals surface area contributed by atoms with E-state index in [9.17, 15) is 9.59 Å². The molecule has 0 aliphatic carbocycles. The van der Waals surface area contributed by atoms with Crippen LogP contribution in [0.1, 0.15) is 23.3 Å². The lowest BCUT2D eigenvalue weighted by Gasteiger charge is -2.32. The summed E-state index contributed by atoms with van der Waals surface area (Å²) in [6.07, 6.45) is 1.61. The number of likely N-dealkylation sites (tertiary alicyclic amines) is 1. The van der Waals surface area contributed by atoms with E-state index in [0.717, 1.165) is 48.3 Å². The van der Waals surface area contributed by atoms with Crippen LogP contribution in [0.5, 0.6) is 0 Å². The molecule has 2 fully saturated rings. The second kappa shape index (κ2) is 6.47. The highest BCUT2D eigenvalue weighted by molar-refractivity contribution is 7.99. The van der Waals surface area contributed by atoms with Gasteiger partial charge in [-0.2, -0.15) is 16.9 Å². The quantitative estimate of drug-likeness (QED) is 0.901. The lowest BCUT2D eigenvalue weighted by molar-refractivity contribution is -0.134. The summed E-state index contributed by atoms with van der Waals surface area (Å²) in [5.74, 6) is 1.92. The average molecular weight is 344 g/mol. The number of para-hydroxylation sites is 1. The van der Waals surface area contributed by atoms with Crippen molar-refractivity contribution in [2.45, 2.75) is 18.9 Å². The average Bonchev–Trinajstić information content (AvgIpc) is 3.28. The minimum Gasteiger partial charge on any atom is -0.339 e. The predicted molar refractivity (Wildman–Crippen MR) is 94.1 cm³/mol. The van der Waals surface area contributed by atoms with Gasteiger partial charge in [-0.3, -0.25) is 14.7 Å². The van der Waals surface area contributed by atoms with Crippen LogP contribution >= 0.6 is 11.8 Å². The van der Waals surface area contributed by atoms with E-state index in [1.54, 1.807) is 4.90 Å². The Morgan fingerprint density at radius 3 is 2.79 bits per heavy atom. The van der Waals surface area contributed by atoms with Crippen molar-refractivity contribution in [2.24, 2.45) is 0 Å². The van der Waals surface area contributed by atoms with Crippen LogP contribution in [-0.2, 0) is 4.79 Å². The minimum atomic E-state index is -0.337. The summed E-state index contributed by atoms with van der Waals surface area (Å²) < 4.78 is 0. The highest BCUT2D eigenvalue weighted by Gasteiger charge is 2.38. The summed E-state index contributed by atoms with van der Waals surface area (Å²) in [5.41, 5.74) is 1.26. The van der Waals surface area contributed by atoms with Gasteiger partial charge in [-0.05, 0) is 18.9 Å². The van der Waals surface area contributed by atoms with E-state index in [1.165, 1.54) is 0 Å². The molecule has 0 unspecified atom stereocenters. The van der Waals surface area contributed by atoms with Crippen molar-refractivity contribution in [3.8, 4) is 0 Å². The molecule has 0 spiro atoms. The van der Waals surface area contributed by atoms with Crippen molar-refractivity contribution in [3.63, 3.8) is 0 Å². The van der Waals surface area contributed by atoms with Gasteiger partial charge in [0.25, 0.3) is 5.91 Å². The first-order valence-corrected chi connectivity index (χ1v) is 9.52. The van der Waals surface area contributed by atoms with Crippen molar-refractivity contribution in [1.29, 1.82) is 0 Å². The van der Waals surface area contributed by atoms with Crippen LogP contribution in [0.2, 0.25) is 0 Å². The summed E-state index contributed by atoms with van der Waals surface area (Å²) in [6.45, 7) is 2.19. The number of H-pyrrole nitrogens is 1. The molecule has 0 radical (unpaired) electrons. The molecule has 4 rings (SSSR count). The van der Waals surface area contributed by atoms with Crippen molar-refractivity contribution in [3.05, 3.63) is 30.0 Å². The molecule has 3 heterocycles. The zero-order valence-corrected chi connectivity index (χ0v) is 14.2. The van der Waals surface area contributed by atoms with Crippen LogP contribution < -0.4 is 0 Å². The standard InChI is InChI=1S/C17H20N4O2S/c22-16(20-8-10-24-11-9-20)14-6-3-7-21(14)17(23)15-12-4-1-2-5-13(12)18-19-15/h1-2,4-5,14H,3,6-11H2,(H,18,19)/t14-/m0/s1. The number of hydrogen-bond acceptors (Lipinski definition) is 4. The highest BCUT2D eigenvalue weighted by Crippen LogP contribution is 2.25. The number of fused-ring (bicyclic) bond motifs is 1. The number of thioether (sulfide) groups is 1. The Morgan fingerprint density at radius 2 is 1.96 bits per heavy atom. The molecule has 2 saturated heterocycles. The number of nitrogens with zero attached hydrogens (tertiary/aromatic N) is 3.